The van der Waals surface area contributed by atoms with E-state index in [9.17, 15) is 9.59 Å². The number of nitrogen functional groups attached to an aromatic ring is 1. The molecule has 0 saturated heterocycles. The Bertz CT molecular complexity index is 1650. The Kier molecular flexibility index (Phi) is 8.04. The maximum absolute atomic E-state index is 14.0. The number of carbonyl (C=O) groups excluding carboxylic acids is 1. The van der Waals surface area contributed by atoms with Gasteiger partial charge in [-0.15, -0.1) is 0 Å². The number of nitrogens with two attached hydrogens (primary N) is 1. The second-order valence-electron chi connectivity index (χ2n) is 11.0. The van der Waals surface area contributed by atoms with Gasteiger partial charge in [0.1, 0.15) is 11.6 Å². The van der Waals surface area contributed by atoms with E-state index in [1.54, 1.807) is 4.57 Å². The Hall–Kier alpha value is -4.53. The second kappa shape index (κ2) is 11.3. The predicted octanol–water partition coefficient (Wildman–Crippen LogP) is 5.26. The maximum atomic E-state index is 14.0. The molecule has 2 aromatic heterocycles. The van der Waals surface area contributed by atoms with Gasteiger partial charge in [0.25, 0.3) is 5.56 Å². The largest absolute Gasteiger partial charge is 0.368 e. The zero-order chi connectivity index (χ0) is 29.2. The molecular formula is C31H37N7O2. The molecule has 2 aromatic carbocycles. The molecule has 4 N–H and O–H groups in total. The summed E-state index contributed by atoms with van der Waals surface area (Å²) in [6.45, 7) is 13.4. The highest BCUT2D eigenvalue weighted by atomic mass is 16.1. The smallest absolute Gasteiger partial charge is 0.266 e. The van der Waals surface area contributed by atoms with E-state index in [0.717, 1.165) is 5.56 Å². The van der Waals surface area contributed by atoms with Crippen LogP contribution in [0.1, 0.15) is 69.7 Å². The van der Waals surface area contributed by atoms with Gasteiger partial charge in [0.05, 0.1) is 28.3 Å². The van der Waals surface area contributed by atoms with Crippen molar-refractivity contribution in [1.29, 1.82) is 0 Å². The van der Waals surface area contributed by atoms with Crippen LogP contribution in [0.5, 0.6) is 0 Å². The molecule has 1 unspecified atom stereocenters. The van der Waals surface area contributed by atoms with Gasteiger partial charge in [0.2, 0.25) is 11.9 Å². The van der Waals surface area contributed by atoms with Gasteiger partial charge in [-0.05, 0) is 77.3 Å². The van der Waals surface area contributed by atoms with E-state index in [2.05, 4.69) is 20.6 Å². The van der Waals surface area contributed by atoms with Crippen molar-refractivity contribution in [3.05, 3.63) is 87.6 Å². The lowest BCUT2D eigenvalue weighted by atomic mass is 10.0. The summed E-state index contributed by atoms with van der Waals surface area (Å²) in [7, 11) is 0. The summed E-state index contributed by atoms with van der Waals surface area (Å²) in [4.78, 5) is 40.5. The Morgan fingerprint density at radius 3 is 2.40 bits per heavy atom. The fourth-order valence-corrected chi connectivity index (χ4v) is 4.83. The highest BCUT2D eigenvalue weighted by Gasteiger charge is 2.24. The number of amides is 1. The number of hydrogen-bond acceptors (Lipinski definition) is 7. The van der Waals surface area contributed by atoms with Crippen LogP contribution in [-0.2, 0) is 4.79 Å². The van der Waals surface area contributed by atoms with Crippen LogP contribution in [0.2, 0.25) is 0 Å². The van der Waals surface area contributed by atoms with Crippen LogP contribution in [0, 0.1) is 13.8 Å². The molecule has 0 fully saturated rings. The second-order valence-corrected chi connectivity index (χ2v) is 11.0. The van der Waals surface area contributed by atoms with Crippen molar-refractivity contribution in [3.63, 3.8) is 0 Å². The summed E-state index contributed by atoms with van der Waals surface area (Å²) >= 11 is 0. The third-order valence-electron chi connectivity index (χ3n) is 6.52. The van der Waals surface area contributed by atoms with Gasteiger partial charge in [-0.25, -0.2) is 9.97 Å². The van der Waals surface area contributed by atoms with Crippen molar-refractivity contribution in [2.45, 2.75) is 66.5 Å². The predicted molar refractivity (Wildman–Crippen MR) is 161 cm³/mol. The van der Waals surface area contributed by atoms with Crippen molar-refractivity contribution in [2.24, 2.45) is 0 Å². The minimum atomic E-state index is -0.415. The highest BCUT2D eigenvalue weighted by Crippen LogP contribution is 2.30. The van der Waals surface area contributed by atoms with Crippen LogP contribution >= 0.6 is 0 Å². The van der Waals surface area contributed by atoms with Gasteiger partial charge in [-0.3, -0.25) is 14.2 Å². The first-order valence-corrected chi connectivity index (χ1v) is 13.4. The lowest BCUT2D eigenvalue weighted by Gasteiger charge is -2.24. The molecule has 2 heterocycles. The molecular weight excluding hydrogens is 502 g/mol. The highest BCUT2D eigenvalue weighted by molar-refractivity contribution is 5.96. The van der Waals surface area contributed by atoms with Gasteiger partial charge in [-0.1, -0.05) is 37.3 Å². The van der Waals surface area contributed by atoms with Crippen LogP contribution in [-0.4, -0.2) is 31.0 Å². The van der Waals surface area contributed by atoms with Crippen LogP contribution in [0.4, 0.5) is 11.8 Å². The number of aromatic nitrogens is 4. The molecule has 4 aromatic rings. The average Bonchev–Trinajstić information content (AvgIpc) is 2.86. The molecule has 0 aliphatic carbocycles. The van der Waals surface area contributed by atoms with Crippen molar-refractivity contribution in [2.75, 3.05) is 11.1 Å². The molecule has 0 radical (unpaired) electrons. The molecule has 208 valence electrons. The summed E-state index contributed by atoms with van der Waals surface area (Å²) in [6.07, 6.45) is 2.13. The van der Waals surface area contributed by atoms with E-state index in [-0.39, 0.29) is 23.0 Å². The molecule has 1 amide bonds. The number of para-hydroxylation sites is 1. The van der Waals surface area contributed by atoms with E-state index < -0.39 is 6.04 Å². The van der Waals surface area contributed by atoms with E-state index in [4.69, 9.17) is 10.7 Å². The fraction of sp³-hybridized carbons (Fsp3) is 0.323. The van der Waals surface area contributed by atoms with E-state index in [1.807, 2.05) is 97.0 Å². The summed E-state index contributed by atoms with van der Waals surface area (Å²) in [5.74, 6) is 0.897. The summed E-state index contributed by atoms with van der Waals surface area (Å²) in [6, 6.07) is 14.7. The fourth-order valence-electron chi connectivity index (χ4n) is 4.83. The number of rotatable bonds is 7. The molecule has 0 aliphatic rings. The number of anilines is 2. The van der Waals surface area contributed by atoms with Gasteiger partial charge in [0.15, 0.2) is 0 Å². The van der Waals surface area contributed by atoms with Gasteiger partial charge in [-0.2, -0.15) is 4.98 Å². The van der Waals surface area contributed by atoms with Crippen LogP contribution in [0.25, 0.3) is 22.2 Å². The average molecular weight is 540 g/mol. The number of hydrogen-bond donors (Lipinski definition) is 3. The monoisotopic (exact) mass is 539 g/mol. The molecule has 9 heteroatoms. The van der Waals surface area contributed by atoms with Crippen LogP contribution in [0.3, 0.4) is 0 Å². The Morgan fingerprint density at radius 2 is 1.75 bits per heavy atom. The number of aryl methyl sites for hydroxylation is 2. The SMILES string of the molecule is CCC(Nc1nc(N)nc(C)c1C(C)=CC(=O)NC(C)(C)C)c1nc2cccc(C)c2c(=O)n1-c1ccccc1. The number of nitrogens with zero attached hydrogens (tertiary/aromatic N) is 4. The molecule has 0 bridgehead atoms. The van der Waals surface area contributed by atoms with Crippen LogP contribution in [0.15, 0.2) is 59.4 Å². The van der Waals surface area contributed by atoms with E-state index in [1.165, 1.54) is 6.08 Å². The lowest BCUT2D eigenvalue weighted by Crippen LogP contribution is -2.39. The van der Waals surface area contributed by atoms with Gasteiger partial charge < -0.3 is 16.4 Å². The molecule has 4 rings (SSSR count). The van der Waals surface area contributed by atoms with Crippen LogP contribution < -0.4 is 21.9 Å². The third kappa shape index (κ3) is 6.03. The number of carbonyl (C=O) groups is 1. The standard InChI is InChI=1S/C31H37N7O2/c1-8-22(34-27-25(20(4)33-30(32)36-27)19(3)17-24(39)37-31(5,6)7)28-35-23-16-12-13-18(2)26(23)29(40)38(28)21-14-10-9-11-15-21/h9-17,22H,8H2,1-7H3,(H,37,39)(H3,32,33,34,36). The van der Waals surface area contributed by atoms with E-state index in [0.29, 0.717) is 51.5 Å². The minimum Gasteiger partial charge on any atom is -0.368 e. The zero-order valence-electron chi connectivity index (χ0n) is 24.2. The summed E-state index contributed by atoms with van der Waals surface area (Å²) in [5, 5.41) is 7.02. The Balaban J connectivity index is 1.88. The first-order chi connectivity index (χ1) is 18.9. The minimum absolute atomic E-state index is 0.105. The molecule has 9 nitrogen and oxygen atoms in total. The number of nitrogens with one attached hydrogen (secondary N) is 2. The quantitative estimate of drug-likeness (QED) is 0.274. The number of benzene rings is 2. The van der Waals surface area contributed by atoms with Crippen molar-refractivity contribution in [3.8, 4) is 5.69 Å². The van der Waals surface area contributed by atoms with Crippen molar-refractivity contribution in [1.82, 2.24) is 24.8 Å². The van der Waals surface area contributed by atoms with Crippen molar-refractivity contribution < 1.29 is 4.79 Å². The maximum Gasteiger partial charge on any atom is 0.266 e. The summed E-state index contributed by atoms with van der Waals surface area (Å²) < 4.78 is 1.66. The normalized spacial score (nSPS) is 12.8. The molecule has 0 aliphatic heterocycles. The first-order valence-electron chi connectivity index (χ1n) is 13.4. The Labute approximate surface area is 234 Å². The van der Waals surface area contributed by atoms with Gasteiger partial charge in [0, 0.05) is 17.2 Å². The number of allylic oxidation sites excluding steroid dienone is 1. The Morgan fingerprint density at radius 1 is 1.05 bits per heavy atom. The van der Waals surface area contributed by atoms with Crippen molar-refractivity contribution >= 4 is 34.1 Å². The van der Waals surface area contributed by atoms with E-state index >= 15 is 0 Å². The van der Waals surface area contributed by atoms with Gasteiger partial charge >= 0.3 is 0 Å². The molecule has 40 heavy (non-hydrogen) atoms. The molecule has 0 spiro atoms. The third-order valence-corrected chi connectivity index (χ3v) is 6.52. The molecule has 0 saturated carbocycles. The first kappa shape index (κ1) is 28.5. The summed E-state index contributed by atoms with van der Waals surface area (Å²) in [5.41, 5.74) is 9.74. The topological polar surface area (TPSA) is 128 Å². The molecule has 1 atom stereocenters. The number of fused-ring (bicyclic) bond motifs is 1. The lowest BCUT2D eigenvalue weighted by molar-refractivity contribution is -0.117. The zero-order valence-corrected chi connectivity index (χ0v) is 24.2.